The van der Waals surface area contributed by atoms with Gasteiger partial charge in [0.05, 0.1) is 18.2 Å². The minimum atomic E-state index is -1.67. The molecule has 2 heterocycles. The Kier molecular flexibility index (Phi) is 3.95. The van der Waals surface area contributed by atoms with Gasteiger partial charge in [0.15, 0.2) is 5.67 Å². The highest BCUT2D eigenvalue weighted by Gasteiger charge is 2.37. The zero-order valence-corrected chi connectivity index (χ0v) is 12.3. The molecule has 1 fully saturated rings. The van der Waals surface area contributed by atoms with Crippen molar-refractivity contribution >= 4 is 5.69 Å². The second kappa shape index (κ2) is 6.06. The van der Waals surface area contributed by atoms with Crippen LogP contribution in [-0.4, -0.2) is 23.7 Å². The van der Waals surface area contributed by atoms with Crippen LogP contribution in [0, 0.1) is 29.0 Å². The van der Waals surface area contributed by atoms with Crippen molar-refractivity contribution in [1.82, 2.24) is 4.98 Å². The van der Waals surface area contributed by atoms with E-state index in [-0.39, 0.29) is 18.5 Å². The maximum Gasteiger partial charge on any atom is 0.190 e. The summed E-state index contributed by atoms with van der Waals surface area (Å²) in [6.07, 6.45) is 1.83. The molecule has 5 heteroatoms. The summed E-state index contributed by atoms with van der Waals surface area (Å²) in [6, 6.07) is 11.2. The van der Waals surface area contributed by atoms with Crippen molar-refractivity contribution < 1.29 is 8.78 Å². The molecule has 1 atom stereocenters. The first kappa shape index (κ1) is 15.0. The summed E-state index contributed by atoms with van der Waals surface area (Å²) < 4.78 is 28.3. The van der Waals surface area contributed by atoms with E-state index in [4.69, 9.17) is 5.26 Å². The Bertz CT molecular complexity index is 818. The predicted octanol–water partition coefficient (Wildman–Crippen LogP) is 3.06. The molecule has 0 radical (unpaired) electrons. The highest BCUT2D eigenvalue weighted by Crippen LogP contribution is 2.30. The molecule has 1 aromatic carbocycles. The van der Waals surface area contributed by atoms with Crippen LogP contribution in [0.3, 0.4) is 0 Å². The Balaban J connectivity index is 1.79. The van der Waals surface area contributed by atoms with Crippen LogP contribution in [0.15, 0.2) is 42.6 Å². The van der Waals surface area contributed by atoms with Gasteiger partial charge in [0.2, 0.25) is 0 Å². The Morgan fingerprint density at radius 2 is 2.13 bits per heavy atom. The van der Waals surface area contributed by atoms with Gasteiger partial charge in [-0.2, -0.15) is 5.26 Å². The molecule has 0 N–H and O–H groups in total. The smallest absolute Gasteiger partial charge is 0.190 e. The lowest BCUT2D eigenvalue weighted by Crippen LogP contribution is -2.27. The average molecular weight is 309 g/mol. The molecule has 0 saturated carbocycles. The third-order valence-corrected chi connectivity index (χ3v) is 3.68. The Morgan fingerprint density at radius 1 is 1.26 bits per heavy atom. The number of nitrogens with zero attached hydrogens (tertiary/aromatic N) is 3. The van der Waals surface area contributed by atoms with E-state index in [1.807, 2.05) is 6.07 Å². The third-order valence-electron chi connectivity index (χ3n) is 3.68. The molecule has 3 nitrogen and oxygen atoms in total. The number of hydrogen-bond acceptors (Lipinski definition) is 3. The summed E-state index contributed by atoms with van der Waals surface area (Å²) >= 11 is 0. The van der Waals surface area contributed by atoms with E-state index in [0.717, 1.165) is 6.07 Å². The number of aromatic nitrogens is 1. The molecular weight excluding hydrogens is 296 g/mol. The van der Waals surface area contributed by atoms with Gasteiger partial charge in [-0.15, -0.1) is 0 Å². The van der Waals surface area contributed by atoms with Crippen molar-refractivity contribution in [3.63, 3.8) is 0 Å². The van der Waals surface area contributed by atoms with E-state index in [1.165, 1.54) is 6.07 Å². The summed E-state index contributed by atoms with van der Waals surface area (Å²) in [5, 5.41) is 8.90. The zero-order valence-electron chi connectivity index (χ0n) is 12.3. The lowest BCUT2D eigenvalue weighted by Gasteiger charge is -2.19. The Hall–Kier alpha value is -2.92. The van der Waals surface area contributed by atoms with Crippen LogP contribution >= 0.6 is 0 Å². The molecule has 1 aromatic heterocycles. The van der Waals surface area contributed by atoms with E-state index in [0.29, 0.717) is 17.9 Å². The van der Waals surface area contributed by atoms with Crippen molar-refractivity contribution in [3.8, 4) is 17.9 Å². The quantitative estimate of drug-likeness (QED) is 0.760. The molecule has 0 aliphatic carbocycles. The minimum absolute atomic E-state index is 0.0428. The molecule has 114 valence electrons. The summed E-state index contributed by atoms with van der Waals surface area (Å²) in [4.78, 5) is 5.75. The van der Waals surface area contributed by atoms with Crippen LogP contribution in [0.25, 0.3) is 0 Å². The highest BCUT2D eigenvalue weighted by molar-refractivity contribution is 5.54. The van der Waals surface area contributed by atoms with E-state index in [1.54, 1.807) is 35.4 Å². The third kappa shape index (κ3) is 3.46. The number of halogens is 2. The first-order chi connectivity index (χ1) is 11.1. The molecule has 0 spiro atoms. The van der Waals surface area contributed by atoms with E-state index >= 15 is 0 Å². The van der Waals surface area contributed by atoms with E-state index in [2.05, 4.69) is 16.8 Å². The molecule has 2 aromatic rings. The number of anilines is 1. The molecule has 23 heavy (non-hydrogen) atoms. The van der Waals surface area contributed by atoms with Crippen molar-refractivity contribution in [2.45, 2.75) is 12.1 Å². The van der Waals surface area contributed by atoms with Gasteiger partial charge in [-0.25, -0.2) is 13.8 Å². The maximum atomic E-state index is 14.8. The van der Waals surface area contributed by atoms with Crippen LogP contribution < -0.4 is 4.90 Å². The number of benzene rings is 1. The lowest BCUT2D eigenvalue weighted by atomic mass is 10.1. The molecule has 1 saturated heterocycles. The summed E-state index contributed by atoms with van der Waals surface area (Å²) in [7, 11) is 0. The van der Waals surface area contributed by atoms with Gasteiger partial charge in [0.1, 0.15) is 11.5 Å². The largest absolute Gasteiger partial charge is 0.367 e. The molecular formula is C18H13F2N3. The molecule has 0 amide bonds. The first-order valence-corrected chi connectivity index (χ1v) is 7.17. The van der Waals surface area contributed by atoms with Crippen molar-refractivity contribution in [1.29, 1.82) is 5.26 Å². The molecule has 0 bridgehead atoms. The number of rotatable bonds is 1. The number of nitriles is 1. The van der Waals surface area contributed by atoms with Crippen LogP contribution in [0.1, 0.15) is 17.7 Å². The van der Waals surface area contributed by atoms with Crippen molar-refractivity contribution in [3.05, 3.63) is 59.7 Å². The van der Waals surface area contributed by atoms with Crippen molar-refractivity contribution in [2.75, 3.05) is 18.0 Å². The summed E-state index contributed by atoms with van der Waals surface area (Å²) in [6.45, 7) is 0.461. The van der Waals surface area contributed by atoms with Crippen LogP contribution in [0.2, 0.25) is 0 Å². The zero-order chi connectivity index (χ0) is 16.3. The van der Waals surface area contributed by atoms with Gasteiger partial charge in [0, 0.05) is 24.8 Å². The standard InChI is InChI=1S/C18H13F2N3/c19-15-9-14(12-21)10-17(11-15)23-8-6-18(20,13-23)5-4-16-3-1-2-7-22-16/h1-3,7,9-11H,6,8,13H2. The topological polar surface area (TPSA) is 39.9 Å². The average Bonchev–Trinajstić information content (AvgIpc) is 2.96. The monoisotopic (exact) mass is 309 g/mol. The predicted molar refractivity (Wildman–Crippen MR) is 82.9 cm³/mol. The van der Waals surface area contributed by atoms with Crippen molar-refractivity contribution in [2.24, 2.45) is 0 Å². The van der Waals surface area contributed by atoms with Crippen LogP contribution in [-0.2, 0) is 0 Å². The molecule has 3 rings (SSSR count). The van der Waals surface area contributed by atoms with Gasteiger partial charge in [0.25, 0.3) is 0 Å². The summed E-state index contributed by atoms with van der Waals surface area (Å²) in [5.41, 5.74) is -0.437. The first-order valence-electron chi connectivity index (χ1n) is 7.17. The minimum Gasteiger partial charge on any atom is -0.367 e. The second-order valence-corrected chi connectivity index (χ2v) is 5.41. The van der Waals surface area contributed by atoms with E-state index < -0.39 is 11.5 Å². The SMILES string of the molecule is N#Cc1cc(F)cc(N2CCC(F)(C#Cc3ccccn3)C2)c1. The summed E-state index contributed by atoms with van der Waals surface area (Å²) in [5.74, 6) is 4.88. The van der Waals surface area contributed by atoms with Crippen LogP contribution in [0.5, 0.6) is 0 Å². The fourth-order valence-electron chi connectivity index (χ4n) is 2.53. The van der Waals surface area contributed by atoms with Gasteiger partial charge in [-0.3, -0.25) is 0 Å². The Labute approximate surface area is 133 Å². The fraction of sp³-hybridized carbons (Fsp3) is 0.222. The number of pyridine rings is 1. The molecule has 1 unspecified atom stereocenters. The van der Waals surface area contributed by atoms with Gasteiger partial charge in [-0.1, -0.05) is 12.0 Å². The molecule has 1 aliphatic rings. The van der Waals surface area contributed by atoms with Crippen LogP contribution in [0.4, 0.5) is 14.5 Å². The van der Waals surface area contributed by atoms with Gasteiger partial charge < -0.3 is 4.90 Å². The normalized spacial score (nSPS) is 19.8. The Morgan fingerprint density at radius 3 is 2.87 bits per heavy atom. The number of alkyl halides is 1. The van der Waals surface area contributed by atoms with Gasteiger partial charge in [-0.05, 0) is 36.3 Å². The second-order valence-electron chi connectivity index (χ2n) is 5.41. The lowest BCUT2D eigenvalue weighted by molar-refractivity contribution is 0.274. The van der Waals surface area contributed by atoms with Gasteiger partial charge >= 0.3 is 0 Å². The van der Waals surface area contributed by atoms with E-state index in [9.17, 15) is 8.78 Å². The molecule has 1 aliphatic heterocycles. The maximum absolute atomic E-state index is 14.8. The fourth-order valence-corrected chi connectivity index (χ4v) is 2.53. The highest BCUT2D eigenvalue weighted by atomic mass is 19.1. The number of hydrogen-bond donors (Lipinski definition) is 0.